The van der Waals surface area contributed by atoms with E-state index in [4.69, 9.17) is 14.7 Å². The van der Waals surface area contributed by atoms with Crippen LogP contribution in [0.2, 0.25) is 0 Å². The van der Waals surface area contributed by atoms with Gasteiger partial charge in [-0.25, -0.2) is 4.79 Å². The first-order chi connectivity index (χ1) is 10.1. The minimum atomic E-state index is -0.471. The van der Waals surface area contributed by atoms with Gasteiger partial charge in [-0.05, 0) is 56.3 Å². The number of nitrogens with zero attached hydrogens (tertiary/aromatic N) is 1. The standard InChI is InChI=1S/C17H15NO3/c1-12(2)20-15-8-6-14(7-9-15)17(19)21-16-5-3-4-13(10-16)11-18/h3-10,12H,1-2H3. The summed E-state index contributed by atoms with van der Waals surface area (Å²) in [5.41, 5.74) is 0.870. The molecular formula is C17H15NO3. The summed E-state index contributed by atoms with van der Waals surface area (Å²) in [6.07, 6.45) is 0.0801. The molecule has 4 heteroatoms. The predicted molar refractivity (Wildman–Crippen MR) is 78.3 cm³/mol. The van der Waals surface area contributed by atoms with E-state index < -0.39 is 5.97 Å². The van der Waals surface area contributed by atoms with Crippen LogP contribution in [-0.4, -0.2) is 12.1 Å². The van der Waals surface area contributed by atoms with Gasteiger partial charge in [0, 0.05) is 0 Å². The molecule has 0 spiro atoms. The maximum absolute atomic E-state index is 12.0. The highest BCUT2D eigenvalue weighted by atomic mass is 16.5. The second-order valence-electron chi connectivity index (χ2n) is 4.72. The lowest BCUT2D eigenvalue weighted by molar-refractivity contribution is 0.0734. The molecule has 0 saturated carbocycles. The Balaban J connectivity index is 2.08. The molecule has 106 valence electrons. The number of benzene rings is 2. The minimum absolute atomic E-state index is 0.0801. The minimum Gasteiger partial charge on any atom is -0.491 e. The zero-order valence-electron chi connectivity index (χ0n) is 11.9. The van der Waals surface area contributed by atoms with Gasteiger partial charge in [-0.1, -0.05) is 6.07 Å². The first kappa shape index (κ1) is 14.6. The molecule has 0 aliphatic rings. The molecule has 0 aliphatic carbocycles. The van der Waals surface area contributed by atoms with Crippen molar-refractivity contribution in [2.75, 3.05) is 0 Å². The molecule has 0 N–H and O–H groups in total. The van der Waals surface area contributed by atoms with Gasteiger partial charge in [-0.2, -0.15) is 5.26 Å². The number of hydrogen-bond donors (Lipinski definition) is 0. The first-order valence-corrected chi connectivity index (χ1v) is 6.57. The average molecular weight is 281 g/mol. The lowest BCUT2D eigenvalue weighted by atomic mass is 10.2. The van der Waals surface area contributed by atoms with E-state index >= 15 is 0 Å². The van der Waals surface area contributed by atoms with E-state index in [1.807, 2.05) is 19.9 Å². The van der Waals surface area contributed by atoms with Crippen molar-refractivity contribution in [2.24, 2.45) is 0 Å². The topological polar surface area (TPSA) is 59.3 Å². The number of esters is 1. The van der Waals surface area contributed by atoms with Crippen molar-refractivity contribution in [1.29, 1.82) is 5.26 Å². The van der Waals surface area contributed by atoms with Gasteiger partial charge in [0.2, 0.25) is 0 Å². The Kier molecular flexibility index (Phi) is 4.57. The Hall–Kier alpha value is -2.80. The van der Waals surface area contributed by atoms with Crippen LogP contribution in [0.25, 0.3) is 0 Å². The van der Waals surface area contributed by atoms with E-state index in [9.17, 15) is 4.79 Å². The van der Waals surface area contributed by atoms with E-state index in [1.54, 1.807) is 42.5 Å². The molecule has 0 unspecified atom stereocenters. The lowest BCUT2D eigenvalue weighted by Gasteiger charge is -2.10. The zero-order chi connectivity index (χ0) is 15.2. The van der Waals surface area contributed by atoms with Crippen molar-refractivity contribution in [1.82, 2.24) is 0 Å². The quantitative estimate of drug-likeness (QED) is 0.635. The molecule has 0 radical (unpaired) electrons. The normalized spacial score (nSPS) is 10.0. The number of rotatable bonds is 4. The second kappa shape index (κ2) is 6.58. The van der Waals surface area contributed by atoms with Crippen LogP contribution < -0.4 is 9.47 Å². The summed E-state index contributed by atoms with van der Waals surface area (Å²) in [5.74, 6) is 0.579. The summed E-state index contributed by atoms with van der Waals surface area (Å²) in [7, 11) is 0. The van der Waals surface area contributed by atoms with Gasteiger partial charge in [0.05, 0.1) is 23.3 Å². The van der Waals surface area contributed by atoms with Crippen LogP contribution in [0.3, 0.4) is 0 Å². The molecule has 0 heterocycles. The highest BCUT2D eigenvalue weighted by molar-refractivity contribution is 5.91. The molecule has 0 aliphatic heterocycles. The molecule has 4 nitrogen and oxygen atoms in total. The van der Waals surface area contributed by atoms with Crippen molar-refractivity contribution in [3.05, 3.63) is 59.7 Å². The third-order valence-electron chi connectivity index (χ3n) is 2.64. The van der Waals surface area contributed by atoms with Gasteiger partial charge in [-0.15, -0.1) is 0 Å². The van der Waals surface area contributed by atoms with Crippen molar-refractivity contribution < 1.29 is 14.3 Å². The molecule has 0 atom stereocenters. The third-order valence-corrected chi connectivity index (χ3v) is 2.64. The smallest absolute Gasteiger partial charge is 0.343 e. The molecule has 2 rings (SSSR count). The molecule has 0 aromatic heterocycles. The fraction of sp³-hybridized carbons (Fsp3) is 0.176. The van der Waals surface area contributed by atoms with Crippen LogP contribution in [0.15, 0.2) is 48.5 Å². The van der Waals surface area contributed by atoms with Crippen LogP contribution >= 0.6 is 0 Å². The fourth-order valence-corrected chi connectivity index (χ4v) is 1.74. The van der Waals surface area contributed by atoms with E-state index in [2.05, 4.69) is 0 Å². The van der Waals surface area contributed by atoms with E-state index in [1.165, 1.54) is 6.07 Å². The van der Waals surface area contributed by atoms with E-state index in [-0.39, 0.29) is 6.10 Å². The Labute approximate surface area is 123 Å². The SMILES string of the molecule is CC(C)Oc1ccc(C(=O)Oc2cccc(C#N)c2)cc1. The van der Waals surface area contributed by atoms with E-state index in [0.29, 0.717) is 22.6 Å². The summed E-state index contributed by atoms with van der Waals surface area (Å²) in [6.45, 7) is 3.87. The highest BCUT2D eigenvalue weighted by Gasteiger charge is 2.09. The maximum atomic E-state index is 12.0. The number of ether oxygens (including phenoxy) is 2. The Morgan fingerprint density at radius 2 is 1.81 bits per heavy atom. The average Bonchev–Trinajstić information content (AvgIpc) is 2.47. The van der Waals surface area contributed by atoms with Gasteiger partial charge in [0.1, 0.15) is 11.5 Å². The number of nitriles is 1. The maximum Gasteiger partial charge on any atom is 0.343 e. The molecule has 2 aromatic carbocycles. The summed E-state index contributed by atoms with van der Waals surface area (Å²) in [4.78, 5) is 12.0. The monoisotopic (exact) mass is 281 g/mol. The van der Waals surface area contributed by atoms with Crippen LogP contribution in [0, 0.1) is 11.3 Å². The summed E-state index contributed by atoms with van der Waals surface area (Å²) >= 11 is 0. The Morgan fingerprint density at radius 1 is 1.10 bits per heavy atom. The number of hydrogen-bond acceptors (Lipinski definition) is 4. The highest BCUT2D eigenvalue weighted by Crippen LogP contribution is 2.17. The molecule has 2 aromatic rings. The van der Waals surface area contributed by atoms with Crippen LogP contribution in [0.1, 0.15) is 29.8 Å². The van der Waals surface area contributed by atoms with Gasteiger partial charge in [-0.3, -0.25) is 0 Å². The van der Waals surface area contributed by atoms with Gasteiger partial charge < -0.3 is 9.47 Å². The molecule has 0 saturated heterocycles. The van der Waals surface area contributed by atoms with E-state index in [0.717, 1.165) is 0 Å². The summed E-state index contributed by atoms with van der Waals surface area (Å²) in [6, 6.07) is 15.2. The summed E-state index contributed by atoms with van der Waals surface area (Å²) < 4.78 is 10.7. The van der Waals surface area contributed by atoms with Crippen molar-refractivity contribution in [3.63, 3.8) is 0 Å². The first-order valence-electron chi connectivity index (χ1n) is 6.57. The molecular weight excluding hydrogens is 266 g/mol. The van der Waals surface area contributed by atoms with Crippen LogP contribution in [-0.2, 0) is 0 Å². The van der Waals surface area contributed by atoms with Crippen molar-refractivity contribution in [2.45, 2.75) is 20.0 Å². The van der Waals surface area contributed by atoms with Crippen molar-refractivity contribution in [3.8, 4) is 17.6 Å². The van der Waals surface area contributed by atoms with Gasteiger partial charge in [0.25, 0.3) is 0 Å². The summed E-state index contributed by atoms with van der Waals surface area (Å²) in [5, 5.41) is 8.81. The number of carbonyl (C=O) groups excluding carboxylic acids is 1. The van der Waals surface area contributed by atoms with Crippen LogP contribution in [0.4, 0.5) is 0 Å². The Bertz CT molecular complexity index is 669. The van der Waals surface area contributed by atoms with Gasteiger partial charge >= 0.3 is 5.97 Å². The molecule has 21 heavy (non-hydrogen) atoms. The van der Waals surface area contributed by atoms with Gasteiger partial charge in [0.15, 0.2) is 0 Å². The third kappa shape index (κ3) is 4.08. The Morgan fingerprint density at radius 3 is 2.43 bits per heavy atom. The molecule has 0 amide bonds. The van der Waals surface area contributed by atoms with Crippen LogP contribution in [0.5, 0.6) is 11.5 Å². The molecule has 0 fully saturated rings. The zero-order valence-corrected chi connectivity index (χ0v) is 11.9. The number of carbonyl (C=O) groups is 1. The van der Waals surface area contributed by atoms with Crippen molar-refractivity contribution >= 4 is 5.97 Å². The predicted octanol–water partition coefficient (Wildman–Crippen LogP) is 3.56. The fourth-order valence-electron chi connectivity index (χ4n) is 1.74. The second-order valence-corrected chi connectivity index (χ2v) is 4.72. The molecule has 0 bridgehead atoms. The lowest BCUT2D eigenvalue weighted by Crippen LogP contribution is -2.09. The largest absolute Gasteiger partial charge is 0.491 e.